The molecule has 1 N–H and O–H groups in total. The van der Waals surface area contributed by atoms with Crippen molar-refractivity contribution in [1.82, 2.24) is 0 Å². The van der Waals surface area contributed by atoms with Crippen LogP contribution < -0.4 is 0 Å². The van der Waals surface area contributed by atoms with Crippen molar-refractivity contribution >= 4 is 17.9 Å². The third-order valence-electron chi connectivity index (χ3n) is 18.0. The van der Waals surface area contributed by atoms with E-state index in [1.165, 1.54) is 238 Å². The highest BCUT2D eigenvalue weighted by Crippen LogP contribution is 2.19. The second-order valence-corrected chi connectivity index (χ2v) is 28.7. The van der Waals surface area contributed by atoms with Gasteiger partial charge in [0.15, 0.2) is 6.10 Å². The van der Waals surface area contributed by atoms with Crippen LogP contribution in [0.25, 0.3) is 0 Å². The van der Waals surface area contributed by atoms with Gasteiger partial charge in [0.2, 0.25) is 0 Å². The summed E-state index contributed by atoms with van der Waals surface area (Å²) in [5.41, 5.74) is 0. The molecule has 9 nitrogen and oxygen atoms in total. The third-order valence-corrected chi connectivity index (χ3v) is 18.0. The summed E-state index contributed by atoms with van der Waals surface area (Å²) >= 11 is 0. The minimum Gasteiger partial charge on any atom is -0.477 e. The number of carbonyl (C=O) groups is 3. The fourth-order valence-corrected chi connectivity index (χ4v) is 11.8. The fourth-order valence-electron chi connectivity index (χ4n) is 11.8. The number of allylic oxidation sites excluding steroid dienone is 18. The zero-order valence-corrected chi connectivity index (χ0v) is 64.2. The molecule has 0 aromatic rings. The third kappa shape index (κ3) is 79.2. The van der Waals surface area contributed by atoms with Crippen LogP contribution >= 0.6 is 0 Å². The number of carboxylic acid groups (broad SMARTS) is 1. The first-order valence-electron chi connectivity index (χ1n) is 41.1. The number of aliphatic carboxylic acids is 1. The zero-order valence-electron chi connectivity index (χ0n) is 64.2. The smallest absolute Gasteiger partial charge is 0.361 e. The lowest BCUT2D eigenvalue weighted by molar-refractivity contribution is -0.870. The second-order valence-electron chi connectivity index (χ2n) is 28.7. The van der Waals surface area contributed by atoms with Crippen LogP contribution in [0.15, 0.2) is 109 Å². The van der Waals surface area contributed by atoms with Crippen LogP contribution in [-0.2, 0) is 33.3 Å². The molecule has 0 spiro atoms. The Morgan fingerprint density at radius 3 is 0.876 bits per heavy atom. The Bertz CT molecular complexity index is 1970. The highest BCUT2D eigenvalue weighted by atomic mass is 16.7. The molecule has 0 aromatic carbocycles. The summed E-state index contributed by atoms with van der Waals surface area (Å²) < 4.78 is 23.0. The number of nitrogens with zero attached hydrogens (tertiary/aromatic N) is 1. The van der Waals surface area contributed by atoms with Gasteiger partial charge in [-0.05, 0) is 83.5 Å². The van der Waals surface area contributed by atoms with Gasteiger partial charge in [-0.25, -0.2) is 4.79 Å². The number of hydrogen-bond acceptors (Lipinski definition) is 7. The van der Waals surface area contributed by atoms with Crippen molar-refractivity contribution in [3.8, 4) is 0 Å². The lowest BCUT2D eigenvalue weighted by Crippen LogP contribution is -2.40. The number of rotatable bonds is 76. The summed E-state index contributed by atoms with van der Waals surface area (Å²) in [5.74, 6) is -2.01. The standard InChI is InChI=1S/C88H155NO8/c1-6-8-10-12-14-16-18-20-22-24-26-28-30-32-34-36-38-40-42-43-45-46-48-50-52-54-56-58-60-62-64-66-68-70-72-74-76-78-85(90)95-82-84(83-96-88(87(92)93)94-81-80-89(3,4)5)97-86(91)79-77-75-73-71-69-67-65-63-61-59-57-55-53-51-49-47-44-41-39-37-35-33-31-29-27-25-23-21-19-17-15-13-11-9-7-2/h9,11,15,17,21,23,27,29,33,35,39,41,47,49,53,55,59,61,84,88H,6-8,10,12-14,16,18-20,22,24-26,28,30-32,34,36-38,40,42-46,48,50-52,54,56-58,60,62-83H2,1-5H3/p+1/b11-9-,17-15-,23-21-,29-27-,35-33-,41-39-,49-47-,55-53-,61-59-. The molecule has 0 fully saturated rings. The molecular weight excluding hydrogens is 1200 g/mol. The summed E-state index contributed by atoms with van der Waals surface area (Å²) in [6, 6.07) is 0. The predicted molar refractivity (Wildman–Crippen MR) is 419 cm³/mol. The normalized spacial score (nSPS) is 13.2. The van der Waals surface area contributed by atoms with Crippen LogP contribution in [0.5, 0.6) is 0 Å². The van der Waals surface area contributed by atoms with Gasteiger partial charge in [0.05, 0.1) is 34.4 Å². The number of carbonyl (C=O) groups excluding carboxylic acids is 2. The van der Waals surface area contributed by atoms with Crippen LogP contribution in [0.3, 0.4) is 0 Å². The lowest BCUT2D eigenvalue weighted by Gasteiger charge is -2.25. The quantitative estimate of drug-likeness (QED) is 0.0211. The van der Waals surface area contributed by atoms with Gasteiger partial charge in [-0.3, -0.25) is 9.59 Å². The average molecular weight is 1360 g/mol. The van der Waals surface area contributed by atoms with Crippen LogP contribution in [0.2, 0.25) is 0 Å². The van der Waals surface area contributed by atoms with Gasteiger partial charge in [-0.1, -0.05) is 386 Å². The number of hydrogen-bond donors (Lipinski definition) is 1. The number of esters is 2. The van der Waals surface area contributed by atoms with E-state index in [1.807, 2.05) is 21.1 Å². The van der Waals surface area contributed by atoms with Crippen molar-refractivity contribution in [2.24, 2.45) is 0 Å². The Labute approximate surface area is 600 Å². The molecule has 0 rings (SSSR count). The average Bonchev–Trinajstić information content (AvgIpc) is 3.74. The van der Waals surface area contributed by atoms with Crippen LogP contribution in [0, 0.1) is 0 Å². The van der Waals surface area contributed by atoms with Gasteiger partial charge in [-0.15, -0.1) is 0 Å². The molecule has 0 aliphatic rings. The van der Waals surface area contributed by atoms with E-state index in [1.54, 1.807) is 0 Å². The first-order chi connectivity index (χ1) is 47.6. The number of likely N-dealkylation sites (N-methyl/N-ethyl adjacent to an activating group) is 1. The van der Waals surface area contributed by atoms with Crippen molar-refractivity contribution in [3.05, 3.63) is 109 Å². The molecule has 0 aliphatic heterocycles. The molecule has 2 atom stereocenters. The van der Waals surface area contributed by atoms with Crippen molar-refractivity contribution < 1.29 is 42.9 Å². The topological polar surface area (TPSA) is 108 Å². The Hall–Kier alpha value is -4.05. The van der Waals surface area contributed by atoms with E-state index in [-0.39, 0.29) is 32.2 Å². The maximum atomic E-state index is 13.0. The largest absolute Gasteiger partial charge is 0.477 e. The Kier molecular flexibility index (Phi) is 74.4. The van der Waals surface area contributed by atoms with E-state index in [0.717, 1.165) is 103 Å². The van der Waals surface area contributed by atoms with Crippen molar-refractivity contribution in [2.75, 3.05) is 47.5 Å². The molecule has 0 amide bonds. The van der Waals surface area contributed by atoms with E-state index < -0.39 is 24.3 Å². The number of ether oxygens (including phenoxy) is 4. The molecular formula is C88H156NO8+. The highest BCUT2D eigenvalue weighted by molar-refractivity contribution is 5.71. The summed E-state index contributed by atoms with van der Waals surface area (Å²) in [5, 5.41) is 9.78. The number of carboxylic acids is 1. The van der Waals surface area contributed by atoms with E-state index in [4.69, 9.17) is 18.9 Å². The minimum absolute atomic E-state index is 0.182. The minimum atomic E-state index is -1.52. The van der Waals surface area contributed by atoms with Crippen molar-refractivity contribution in [3.63, 3.8) is 0 Å². The Morgan fingerprint density at radius 1 is 0.320 bits per heavy atom. The molecule has 0 saturated carbocycles. The van der Waals surface area contributed by atoms with E-state index in [2.05, 4.69) is 123 Å². The molecule has 9 heteroatoms. The monoisotopic (exact) mass is 1360 g/mol. The second kappa shape index (κ2) is 77.7. The van der Waals surface area contributed by atoms with Gasteiger partial charge < -0.3 is 28.5 Å². The van der Waals surface area contributed by atoms with Crippen LogP contribution in [0.4, 0.5) is 0 Å². The Balaban J connectivity index is 4.05. The van der Waals surface area contributed by atoms with Gasteiger partial charge in [0, 0.05) is 12.8 Å². The first kappa shape index (κ1) is 93.0. The molecule has 0 saturated heterocycles. The highest BCUT2D eigenvalue weighted by Gasteiger charge is 2.25. The van der Waals surface area contributed by atoms with E-state index >= 15 is 0 Å². The maximum Gasteiger partial charge on any atom is 0.361 e. The first-order valence-corrected chi connectivity index (χ1v) is 41.1. The molecule has 0 heterocycles. The summed E-state index contributed by atoms with van der Waals surface area (Å²) in [7, 11) is 5.98. The summed E-state index contributed by atoms with van der Waals surface area (Å²) in [4.78, 5) is 37.7. The molecule has 0 radical (unpaired) electrons. The Morgan fingerprint density at radius 2 is 0.588 bits per heavy atom. The number of unbranched alkanes of at least 4 members (excludes halogenated alkanes) is 43. The van der Waals surface area contributed by atoms with Crippen LogP contribution in [0.1, 0.15) is 373 Å². The predicted octanol–water partition coefficient (Wildman–Crippen LogP) is 26.5. The summed E-state index contributed by atoms with van der Waals surface area (Å²) in [6.07, 6.45) is 107. The fraction of sp³-hybridized carbons (Fsp3) is 0.761. The number of quaternary nitrogens is 1. The van der Waals surface area contributed by atoms with Crippen molar-refractivity contribution in [1.29, 1.82) is 0 Å². The van der Waals surface area contributed by atoms with Gasteiger partial charge in [0.25, 0.3) is 6.29 Å². The van der Waals surface area contributed by atoms with E-state index in [0.29, 0.717) is 23.9 Å². The van der Waals surface area contributed by atoms with Crippen molar-refractivity contribution in [2.45, 2.75) is 386 Å². The van der Waals surface area contributed by atoms with E-state index in [9.17, 15) is 19.5 Å². The molecule has 0 bridgehead atoms. The van der Waals surface area contributed by atoms with Crippen LogP contribution in [-0.4, -0.2) is 87.4 Å². The molecule has 2 unspecified atom stereocenters. The van der Waals surface area contributed by atoms with Gasteiger partial charge in [-0.2, -0.15) is 0 Å². The molecule has 97 heavy (non-hydrogen) atoms. The molecule has 0 aromatic heterocycles. The SMILES string of the molecule is CC/C=C\C/C=C\C/C=C\C/C=C\C/C=C\C/C=C\C/C=C\C/C=C\C/C=C\CCCCCCCCCC(=O)OC(COC(=O)CCCCCCCCCCCCCCCCCCCCCCCCCCCCCCCCCCCCCCC)COC(OCC[N+](C)(C)C)C(=O)O. The lowest BCUT2D eigenvalue weighted by atomic mass is 10.0. The maximum absolute atomic E-state index is 13.0. The van der Waals surface area contributed by atoms with Gasteiger partial charge in [0.1, 0.15) is 13.2 Å². The summed E-state index contributed by atoms with van der Waals surface area (Å²) in [6.45, 7) is 4.79. The zero-order chi connectivity index (χ0) is 70.4. The van der Waals surface area contributed by atoms with Gasteiger partial charge >= 0.3 is 17.9 Å². The molecule has 560 valence electrons. The molecule has 0 aliphatic carbocycles.